The van der Waals surface area contributed by atoms with Gasteiger partial charge in [-0.3, -0.25) is 0 Å². The van der Waals surface area contributed by atoms with Crippen molar-refractivity contribution in [1.82, 2.24) is 0 Å². The minimum atomic E-state index is 0.533. The molecule has 94 valence electrons. The van der Waals surface area contributed by atoms with Crippen molar-refractivity contribution in [1.29, 1.82) is 0 Å². The lowest BCUT2D eigenvalue weighted by Gasteiger charge is -2.47. The Bertz CT molecular complexity index is 263. The van der Waals surface area contributed by atoms with Gasteiger partial charge in [-0.15, -0.1) is 0 Å². The first-order valence-corrected chi connectivity index (χ1v) is 7.33. The Morgan fingerprint density at radius 3 is 2.06 bits per heavy atom. The second kappa shape index (κ2) is 3.75. The van der Waals surface area contributed by atoms with Gasteiger partial charge in [-0.05, 0) is 47.3 Å². The minimum Gasteiger partial charge on any atom is -0.0622 e. The predicted molar refractivity (Wildman–Crippen MR) is 71.3 cm³/mol. The largest absolute Gasteiger partial charge is 0.0622 e. The van der Waals surface area contributed by atoms with Gasteiger partial charge in [-0.2, -0.15) is 0 Å². The summed E-state index contributed by atoms with van der Waals surface area (Å²) in [5.41, 5.74) is 1.07. The maximum absolute atomic E-state index is 2.57. The summed E-state index contributed by atoms with van der Waals surface area (Å²) in [5, 5.41) is 0. The molecule has 0 aromatic heterocycles. The molecule has 4 atom stereocenters. The van der Waals surface area contributed by atoms with Crippen LogP contribution in [-0.2, 0) is 0 Å². The molecule has 0 bridgehead atoms. The molecule has 0 radical (unpaired) electrons. The fraction of sp³-hybridized carbons (Fsp3) is 1.00. The molecule has 2 fully saturated rings. The highest BCUT2D eigenvalue weighted by molar-refractivity contribution is 5.09. The summed E-state index contributed by atoms with van der Waals surface area (Å²) in [6, 6.07) is 0. The van der Waals surface area contributed by atoms with E-state index in [0.29, 0.717) is 10.8 Å². The van der Waals surface area contributed by atoms with E-state index < -0.39 is 0 Å². The van der Waals surface area contributed by atoms with Crippen LogP contribution in [0.4, 0.5) is 0 Å². The molecule has 0 N–H and O–H groups in total. The average molecular weight is 222 g/mol. The zero-order chi connectivity index (χ0) is 12.1. The van der Waals surface area contributed by atoms with Crippen LogP contribution in [0.2, 0.25) is 0 Å². The van der Waals surface area contributed by atoms with Gasteiger partial charge < -0.3 is 0 Å². The van der Waals surface area contributed by atoms with Crippen LogP contribution in [0.25, 0.3) is 0 Å². The van der Waals surface area contributed by atoms with Crippen molar-refractivity contribution in [2.24, 2.45) is 34.5 Å². The molecular weight excluding hydrogens is 192 g/mol. The van der Waals surface area contributed by atoms with E-state index in [1.165, 1.54) is 25.7 Å². The molecule has 0 aliphatic heterocycles. The molecule has 2 aliphatic carbocycles. The van der Waals surface area contributed by atoms with E-state index in [1.807, 2.05) is 0 Å². The average Bonchev–Trinajstić information content (AvgIpc) is 2.40. The van der Waals surface area contributed by atoms with Crippen molar-refractivity contribution < 1.29 is 0 Å². The first-order valence-electron chi connectivity index (χ1n) is 7.33. The molecule has 0 heterocycles. The highest BCUT2D eigenvalue weighted by Crippen LogP contribution is 2.67. The third-order valence-electron chi connectivity index (χ3n) is 6.92. The number of fused-ring (bicyclic) bond motifs is 1. The first-order chi connectivity index (χ1) is 7.33. The lowest BCUT2D eigenvalue weighted by atomic mass is 9.58. The lowest BCUT2D eigenvalue weighted by molar-refractivity contribution is 0.0120. The van der Waals surface area contributed by atoms with Crippen LogP contribution in [0.5, 0.6) is 0 Å². The van der Waals surface area contributed by atoms with Crippen LogP contribution < -0.4 is 0 Å². The molecule has 0 saturated heterocycles. The van der Waals surface area contributed by atoms with Gasteiger partial charge in [0.15, 0.2) is 0 Å². The van der Waals surface area contributed by atoms with E-state index in [9.17, 15) is 0 Å². The van der Waals surface area contributed by atoms with Gasteiger partial charge in [0.05, 0.1) is 0 Å². The Balaban J connectivity index is 2.40. The summed E-state index contributed by atoms with van der Waals surface area (Å²) in [6.45, 7) is 15.1. The number of hydrogen-bond donors (Lipinski definition) is 0. The fourth-order valence-electron chi connectivity index (χ4n) is 5.35. The van der Waals surface area contributed by atoms with Gasteiger partial charge in [-0.1, -0.05) is 54.4 Å². The third kappa shape index (κ3) is 1.34. The molecule has 0 nitrogen and oxygen atoms in total. The topological polar surface area (TPSA) is 0 Å². The van der Waals surface area contributed by atoms with Crippen molar-refractivity contribution in [2.75, 3.05) is 0 Å². The molecule has 2 saturated carbocycles. The summed E-state index contributed by atoms with van der Waals surface area (Å²) < 4.78 is 0. The monoisotopic (exact) mass is 222 g/mol. The second-order valence-corrected chi connectivity index (χ2v) is 7.50. The lowest BCUT2D eigenvalue weighted by Crippen LogP contribution is -2.41. The maximum atomic E-state index is 2.57. The van der Waals surface area contributed by atoms with E-state index >= 15 is 0 Å². The fourth-order valence-corrected chi connectivity index (χ4v) is 5.35. The summed E-state index contributed by atoms with van der Waals surface area (Å²) in [6.07, 6.45) is 5.95. The van der Waals surface area contributed by atoms with Crippen LogP contribution >= 0.6 is 0 Å². The zero-order valence-electron chi connectivity index (χ0n) is 12.1. The van der Waals surface area contributed by atoms with E-state index in [4.69, 9.17) is 0 Å². The summed E-state index contributed by atoms with van der Waals surface area (Å²) >= 11 is 0. The zero-order valence-corrected chi connectivity index (χ0v) is 12.1. The highest BCUT2D eigenvalue weighted by atomic mass is 14.7. The van der Waals surface area contributed by atoms with Crippen molar-refractivity contribution in [3.8, 4) is 0 Å². The summed E-state index contributed by atoms with van der Waals surface area (Å²) in [5.74, 6) is 3.72. The van der Waals surface area contributed by atoms with Crippen molar-refractivity contribution in [3.63, 3.8) is 0 Å². The van der Waals surface area contributed by atoms with Crippen molar-refractivity contribution >= 4 is 0 Å². The van der Waals surface area contributed by atoms with Gasteiger partial charge >= 0.3 is 0 Å². The van der Waals surface area contributed by atoms with E-state index in [0.717, 1.165) is 23.7 Å². The second-order valence-electron chi connectivity index (χ2n) is 7.50. The van der Waals surface area contributed by atoms with Crippen LogP contribution in [-0.4, -0.2) is 0 Å². The van der Waals surface area contributed by atoms with Crippen LogP contribution in [0, 0.1) is 34.5 Å². The Labute approximate surface area is 102 Å². The maximum Gasteiger partial charge on any atom is -0.0220 e. The molecule has 16 heavy (non-hydrogen) atoms. The Kier molecular flexibility index (Phi) is 2.92. The quantitative estimate of drug-likeness (QED) is 0.577. The van der Waals surface area contributed by atoms with Gasteiger partial charge in [-0.25, -0.2) is 0 Å². The Morgan fingerprint density at radius 1 is 1.00 bits per heavy atom. The normalized spacial score (nSPS) is 47.1. The SMILES string of the molecule is CC(C)C1(C)C(C)C2CCCCC2C1(C)C. The molecular formula is C16H30. The predicted octanol–water partition coefficient (Wildman–Crippen LogP) is 5.13. The molecule has 0 heteroatoms. The molecule has 0 aromatic carbocycles. The smallest absolute Gasteiger partial charge is 0.0220 e. The first kappa shape index (κ1) is 12.5. The number of rotatable bonds is 1. The minimum absolute atomic E-state index is 0.533. The molecule has 0 amide bonds. The third-order valence-corrected chi connectivity index (χ3v) is 6.92. The van der Waals surface area contributed by atoms with E-state index in [-0.39, 0.29) is 0 Å². The van der Waals surface area contributed by atoms with Crippen LogP contribution in [0.15, 0.2) is 0 Å². The van der Waals surface area contributed by atoms with Gasteiger partial charge in [0, 0.05) is 0 Å². The summed E-state index contributed by atoms with van der Waals surface area (Å²) in [4.78, 5) is 0. The van der Waals surface area contributed by atoms with Crippen LogP contribution in [0.1, 0.15) is 67.2 Å². The molecule has 4 unspecified atom stereocenters. The van der Waals surface area contributed by atoms with E-state index in [1.54, 1.807) is 0 Å². The highest BCUT2D eigenvalue weighted by Gasteiger charge is 2.61. The molecule has 2 aliphatic rings. The van der Waals surface area contributed by atoms with Crippen molar-refractivity contribution in [3.05, 3.63) is 0 Å². The van der Waals surface area contributed by atoms with Crippen molar-refractivity contribution in [2.45, 2.75) is 67.2 Å². The van der Waals surface area contributed by atoms with Gasteiger partial charge in [0.1, 0.15) is 0 Å². The summed E-state index contributed by atoms with van der Waals surface area (Å²) in [7, 11) is 0. The molecule has 2 rings (SSSR count). The molecule has 0 spiro atoms. The number of hydrogen-bond acceptors (Lipinski definition) is 0. The van der Waals surface area contributed by atoms with Crippen LogP contribution in [0.3, 0.4) is 0 Å². The van der Waals surface area contributed by atoms with Gasteiger partial charge in [0.25, 0.3) is 0 Å². The Morgan fingerprint density at radius 2 is 1.56 bits per heavy atom. The standard InChI is InChI=1S/C16H30/c1-11(2)16(6)12(3)13-9-7-8-10-14(13)15(16,4)5/h11-14H,7-10H2,1-6H3. The van der Waals surface area contributed by atoms with Gasteiger partial charge in [0.2, 0.25) is 0 Å². The van der Waals surface area contributed by atoms with E-state index in [2.05, 4.69) is 41.5 Å². The molecule has 0 aromatic rings. The Hall–Kier alpha value is 0.